The maximum Gasteiger partial charge on any atom is 0.431 e. The Morgan fingerprint density at radius 3 is 2.31 bits per heavy atom. The molecule has 1 aromatic heterocycles. The second-order valence-electron chi connectivity index (χ2n) is 8.38. The zero-order chi connectivity index (χ0) is 21.6. The number of rotatable bonds is 6. The van der Waals surface area contributed by atoms with Crippen LogP contribution in [0.25, 0.3) is 11.1 Å². The van der Waals surface area contributed by atoms with Crippen molar-refractivity contribution < 1.29 is 23.1 Å². The summed E-state index contributed by atoms with van der Waals surface area (Å²) in [6, 6.07) is 7.12. The van der Waals surface area contributed by atoms with Crippen LogP contribution in [-0.2, 0) is 6.18 Å². The topological polar surface area (TPSA) is 45.5 Å². The summed E-state index contributed by atoms with van der Waals surface area (Å²) in [6.07, 6.45) is -3.38. The number of aromatic nitrogens is 1. The van der Waals surface area contributed by atoms with E-state index in [4.69, 9.17) is 11.6 Å². The molecule has 3 rings (SSSR count). The smallest absolute Gasteiger partial charge is 0.396 e. The van der Waals surface area contributed by atoms with Crippen LogP contribution >= 0.6 is 11.6 Å². The molecule has 2 aromatic rings. The molecule has 4 nitrogen and oxygen atoms in total. The van der Waals surface area contributed by atoms with Crippen molar-refractivity contribution in [2.45, 2.75) is 38.9 Å². The molecule has 1 fully saturated rings. The monoisotopic (exact) mass is 428 g/mol. The Morgan fingerprint density at radius 2 is 1.83 bits per heavy atom. The van der Waals surface area contributed by atoms with Crippen LogP contribution in [0, 0.1) is 5.41 Å². The number of alkyl halides is 3. The molecular formula is C21H24ClF3N2O2. The van der Waals surface area contributed by atoms with Gasteiger partial charge in [0.1, 0.15) is 11.4 Å². The van der Waals surface area contributed by atoms with Crippen molar-refractivity contribution in [1.82, 2.24) is 9.47 Å². The van der Waals surface area contributed by atoms with Gasteiger partial charge in [0.15, 0.2) is 0 Å². The van der Waals surface area contributed by atoms with Crippen molar-refractivity contribution in [3.05, 3.63) is 46.7 Å². The van der Waals surface area contributed by atoms with E-state index in [2.05, 4.69) is 0 Å². The molecule has 1 N–H and O–H groups in total. The normalized spacial score (nSPS) is 14.9. The predicted molar refractivity (Wildman–Crippen MR) is 106 cm³/mol. The standard InChI is InChI=1S/C21H24ClF3N2O2/c1-20(2,12-28)11-26(3)19(29)18-16(13-4-6-14(22)7-5-13)10-17(21(23,24)25)27(18)15-8-9-15/h4-7,10,15,28H,8-9,11-12H2,1-3H3. The lowest BCUT2D eigenvalue weighted by Crippen LogP contribution is -2.38. The fourth-order valence-electron chi connectivity index (χ4n) is 3.47. The largest absolute Gasteiger partial charge is 0.431 e. The number of aliphatic hydroxyl groups is 1. The van der Waals surface area contributed by atoms with Gasteiger partial charge in [0.25, 0.3) is 5.91 Å². The van der Waals surface area contributed by atoms with Gasteiger partial charge in [0.2, 0.25) is 0 Å². The molecule has 0 unspecified atom stereocenters. The van der Waals surface area contributed by atoms with Gasteiger partial charge in [0.05, 0.1) is 0 Å². The molecule has 0 saturated heterocycles. The van der Waals surface area contributed by atoms with Crippen molar-refractivity contribution >= 4 is 17.5 Å². The summed E-state index contributed by atoms with van der Waals surface area (Å²) in [5.41, 5.74) is -0.632. The zero-order valence-electron chi connectivity index (χ0n) is 16.6. The molecule has 0 bridgehead atoms. The highest BCUT2D eigenvalue weighted by molar-refractivity contribution is 6.30. The van der Waals surface area contributed by atoms with E-state index in [-0.39, 0.29) is 30.5 Å². The molecule has 0 atom stereocenters. The summed E-state index contributed by atoms with van der Waals surface area (Å²) in [4.78, 5) is 14.7. The van der Waals surface area contributed by atoms with E-state index in [9.17, 15) is 23.1 Å². The Bertz CT molecular complexity index is 900. The van der Waals surface area contributed by atoms with E-state index in [1.165, 1.54) is 4.90 Å². The number of halogens is 4. The van der Waals surface area contributed by atoms with Crippen molar-refractivity contribution in [3.8, 4) is 11.1 Å². The van der Waals surface area contributed by atoms with Gasteiger partial charge < -0.3 is 14.6 Å². The summed E-state index contributed by atoms with van der Waals surface area (Å²) in [6.45, 7) is 3.64. The fraction of sp³-hybridized carbons (Fsp3) is 0.476. The highest BCUT2D eigenvalue weighted by atomic mass is 35.5. The van der Waals surface area contributed by atoms with Gasteiger partial charge >= 0.3 is 6.18 Å². The molecule has 1 heterocycles. The molecule has 1 amide bonds. The number of benzene rings is 1. The van der Waals surface area contributed by atoms with Gasteiger partial charge in [-0.25, -0.2) is 0 Å². The first-order valence-corrected chi connectivity index (χ1v) is 9.77. The first-order valence-electron chi connectivity index (χ1n) is 9.39. The Hall–Kier alpha value is -1.99. The Labute approximate surface area is 172 Å². The molecule has 0 radical (unpaired) electrons. The average molecular weight is 429 g/mol. The first kappa shape index (κ1) is 21.7. The van der Waals surface area contributed by atoms with Crippen LogP contribution in [0.2, 0.25) is 5.02 Å². The number of hydrogen-bond donors (Lipinski definition) is 1. The van der Waals surface area contributed by atoms with E-state index < -0.39 is 23.2 Å². The van der Waals surface area contributed by atoms with E-state index >= 15 is 0 Å². The van der Waals surface area contributed by atoms with E-state index in [1.807, 2.05) is 0 Å². The molecule has 0 spiro atoms. The number of aliphatic hydroxyl groups excluding tert-OH is 1. The Balaban J connectivity index is 2.16. The van der Waals surface area contributed by atoms with E-state index in [0.29, 0.717) is 23.4 Å². The number of nitrogens with zero attached hydrogens (tertiary/aromatic N) is 2. The number of hydrogen-bond acceptors (Lipinski definition) is 2. The molecule has 1 aliphatic carbocycles. The van der Waals surface area contributed by atoms with E-state index in [0.717, 1.165) is 10.6 Å². The van der Waals surface area contributed by atoms with Gasteiger partial charge in [-0.15, -0.1) is 0 Å². The van der Waals surface area contributed by atoms with Crippen LogP contribution in [0.3, 0.4) is 0 Å². The van der Waals surface area contributed by atoms with Crippen molar-refractivity contribution in [2.24, 2.45) is 5.41 Å². The van der Waals surface area contributed by atoms with Gasteiger partial charge in [-0.3, -0.25) is 4.79 Å². The number of carbonyl (C=O) groups is 1. The Morgan fingerprint density at radius 1 is 1.24 bits per heavy atom. The summed E-state index contributed by atoms with van der Waals surface area (Å²) in [5, 5.41) is 9.97. The van der Waals surface area contributed by atoms with Crippen LogP contribution in [0.5, 0.6) is 0 Å². The van der Waals surface area contributed by atoms with Crippen molar-refractivity contribution in [2.75, 3.05) is 20.2 Å². The maximum atomic E-state index is 13.8. The lowest BCUT2D eigenvalue weighted by atomic mass is 9.94. The van der Waals surface area contributed by atoms with Crippen LogP contribution < -0.4 is 0 Å². The molecule has 8 heteroatoms. The van der Waals surface area contributed by atoms with Crippen LogP contribution in [0.4, 0.5) is 13.2 Å². The fourth-order valence-corrected chi connectivity index (χ4v) is 3.59. The summed E-state index contributed by atoms with van der Waals surface area (Å²) in [7, 11) is 1.54. The molecule has 1 aromatic carbocycles. The van der Waals surface area contributed by atoms with Crippen LogP contribution in [0.15, 0.2) is 30.3 Å². The summed E-state index contributed by atoms with van der Waals surface area (Å²) >= 11 is 5.93. The lowest BCUT2D eigenvalue weighted by molar-refractivity contribution is -0.143. The second kappa shape index (κ2) is 7.69. The maximum absolute atomic E-state index is 13.8. The SMILES string of the molecule is CN(CC(C)(C)CO)C(=O)c1c(-c2ccc(Cl)cc2)cc(C(F)(F)F)n1C1CC1. The first-order chi connectivity index (χ1) is 13.4. The van der Waals surface area contributed by atoms with Crippen LogP contribution in [-0.4, -0.2) is 40.7 Å². The molecular weight excluding hydrogens is 405 g/mol. The van der Waals surface area contributed by atoms with Gasteiger partial charge in [-0.1, -0.05) is 37.6 Å². The van der Waals surface area contributed by atoms with Gasteiger partial charge in [0, 0.05) is 42.2 Å². The van der Waals surface area contributed by atoms with Gasteiger partial charge in [-0.05, 0) is 36.6 Å². The van der Waals surface area contributed by atoms with Crippen molar-refractivity contribution in [3.63, 3.8) is 0 Å². The highest BCUT2D eigenvalue weighted by Gasteiger charge is 2.43. The third-order valence-electron chi connectivity index (χ3n) is 5.04. The molecule has 1 aliphatic rings. The summed E-state index contributed by atoms with van der Waals surface area (Å²) < 4.78 is 42.5. The number of amides is 1. The lowest BCUT2D eigenvalue weighted by Gasteiger charge is -2.29. The zero-order valence-corrected chi connectivity index (χ0v) is 17.3. The quantitative estimate of drug-likeness (QED) is 0.682. The molecule has 0 aliphatic heterocycles. The minimum absolute atomic E-state index is 0.0263. The predicted octanol–water partition coefficient (Wildman–Crippen LogP) is 5.25. The van der Waals surface area contributed by atoms with Crippen LogP contribution in [0.1, 0.15) is 48.9 Å². The third-order valence-corrected chi connectivity index (χ3v) is 5.29. The molecule has 29 heavy (non-hydrogen) atoms. The molecule has 158 valence electrons. The minimum atomic E-state index is -4.58. The third kappa shape index (κ3) is 4.61. The molecule has 1 saturated carbocycles. The minimum Gasteiger partial charge on any atom is -0.396 e. The van der Waals surface area contributed by atoms with Gasteiger partial charge in [-0.2, -0.15) is 13.2 Å². The average Bonchev–Trinajstić information content (AvgIpc) is 3.39. The number of carbonyl (C=O) groups excluding carboxylic acids is 1. The highest BCUT2D eigenvalue weighted by Crippen LogP contribution is 2.46. The Kier molecular flexibility index (Phi) is 5.75. The second-order valence-corrected chi connectivity index (χ2v) is 8.82. The van der Waals surface area contributed by atoms with E-state index in [1.54, 1.807) is 45.2 Å². The van der Waals surface area contributed by atoms with Crippen molar-refractivity contribution in [1.29, 1.82) is 0 Å². The summed E-state index contributed by atoms with van der Waals surface area (Å²) in [5.74, 6) is -0.501.